The Hall–Kier alpha value is -4.32. The molecule has 2 aromatic heterocycles. The number of para-hydroxylation sites is 1. The second kappa shape index (κ2) is 6.93. The molecule has 0 amide bonds. The van der Waals surface area contributed by atoms with Crippen LogP contribution in [0.1, 0.15) is 10.4 Å². The third-order valence-electron chi connectivity index (χ3n) is 5.00. The number of hydrogen-bond acceptors (Lipinski definition) is 4. The zero-order valence-electron chi connectivity index (χ0n) is 15.7. The summed E-state index contributed by atoms with van der Waals surface area (Å²) in [4.78, 5) is 36.4. The fraction of sp³-hybridized carbons (Fsp3) is 0. The van der Waals surface area contributed by atoms with Crippen molar-refractivity contribution in [2.75, 3.05) is 0 Å². The Balaban J connectivity index is 1.82. The van der Waals surface area contributed by atoms with Crippen LogP contribution in [0.15, 0.2) is 83.7 Å². The number of fused-ring (bicyclic) bond motifs is 2. The average Bonchev–Trinajstić information content (AvgIpc) is 2.78. The Bertz CT molecular complexity index is 1490. The predicted molar refractivity (Wildman–Crippen MR) is 115 cm³/mol. The molecule has 2 heterocycles. The van der Waals surface area contributed by atoms with Crippen molar-refractivity contribution >= 4 is 27.8 Å². The van der Waals surface area contributed by atoms with Crippen molar-refractivity contribution in [3.8, 4) is 22.6 Å². The van der Waals surface area contributed by atoms with Gasteiger partial charge in [-0.3, -0.25) is 4.79 Å². The molecular formula is C24H15N3O3. The normalized spacial score (nSPS) is 11.1. The van der Waals surface area contributed by atoms with Crippen LogP contribution in [0.4, 0.5) is 0 Å². The summed E-state index contributed by atoms with van der Waals surface area (Å²) in [6.07, 6.45) is 0. The summed E-state index contributed by atoms with van der Waals surface area (Å²) in [5.74, 6) is -0.799. The Kier molecular flexibility index (Phi) is 4.10. The van der Waals surface area contributed by atoms with E-state index in [-0.39, 0.29) is 10.9 Å². The first-order valence-corrected chi connectivity index (χ1v) is 9.34. The molecule has 6 heteroatoms. The fourth-order valence-electron chi connectivity index (χ4n) is 3.62. The first kappa shape index (κ1) is 17.8. The second-order valence-electron chi connectivity index (χ2n) is 6.86. The smallest absolute Gasteiger partial charge is 0.336 e. The number of carboxylic acid groups (broad SMARTS) is 1. The van der Waals surface area contributed by atoms with Crippen LogP contribution in [-0.2, 0) is 0 Å². The highest BCUT2D eigenvalue weighted by Gasteiger charge is 2.16. The predicted octanol–water partition coefficient (Wildman–Crippen LogP) is 4.50. The number of aromatic carboxylic acids is 1. The van der Waals surface area contributed by atoms with Crippen LogP contribution in [0.3, 0.4) is 0 Å². The van der Waals surface area contributed by atoms with E-state index in [1.165, 1.54) is 6.07 Å². The third-order valence-corrected chi connectivity index (χ3v) is 5.00. The number of benzene rings is 3. The number of carboxylic acids is 1. The van der Waals surface area contributed by atoms with Gasteiger partial charge in [-0.2, -0.15) is 0 Å². The van der Waals surface area contributed by atoms with E-state index in [9.17, 15) is 14.7 Å². The van der Waals surface area contributed by atoms with Gasteiger partial charge in [-0.05, 0) is 24.3 Å². The molecule has 30 heavy (non-hydrogen) atoms. The van der Waals surface area contributed by atoms with Crippen LogP contribution in [0.5, 0.6) is 0 Å². The summed E-state index contributed by atoms with van der Waals surface area (Å²) in [5, 5.41) is 10.3. The molecule has 0 saturated carbocycles. The van der Waals surface area contributed by atoms with Crippen molar-refractivity contribution in [1.82, 2.24) is 15.0 Å². The van der Waals surface area contributed by atoms with Gasteiger partial charge < -0.3 is 10.1 Å². The zero-order valence-corrected chi connectivity index (χ0v) is 15.7. The first-order chi connectivity index (χ1) is 14.6. The first-order valence-electron chi connectivity index (χ1n) is 9.34. The number of rotatable bonds is 3. The molecule has 0 radical (unpaired) electrons. The maximum Gasteiger partial charge on any atom is 0.336 e. The van der Waals surface area contributed by atoms with Gasteiger partial charge in [-0.1, -0.05) is 54.6 Å². The van der Waals surface area contributed by atoms with Crippen molar-refractivity contribution in [2.45, 2.75) is 0 Å². The van der Waals surface area contributed by atoms with Crippen molar-refractivity contribution < 1.29 is 9.90 Å². The molecule has 0 aliphatic rings. The van der Waals surface area contributed by atoms with Crippen LogP contribution in [-0.4, -0.2) is 26.0 Å². The van der Waals surface area contributed by atoms with Crippen LogP contribution in [0, 0.1) is 0 Å². The van der Waals surface area contributed by atoms with E-state index in [1.807, 2.05) is 60.7 Å². The van der Waals surface area contributed by atoms with E-state index < -0.39 is 11.5 Å². The minimum atomic E-state index is -1.17. The topological polar surface area (TPSA) is 95.9 Å². The molecule has 0 spiro atoms. The number of aromatic nitrogens is 3. The van der Waals surface area contributed by atoms with Gasteiger partial charge in [0.25, 0.3) is 5.56 Å². The summed E-state index contributed by atoms with van der Waals surface area (Å²) < 4.78 is 0. The molecular weight excluding hydrogens is 378 g/mol. The molecule has 6 nitrogen and oxygen atoms in total. The van der Waals surface area contributed by atoms with Crippen molar-refractivity contribution in [3.63, 3.8) is 0 Å². The summed E-state index contributed by atoms with van der Waals surface area (Å²) in [6.45, 7) is 0. The quantitative estimate of drug-likeness (QED) is 0.470. The molecule has 2 N–H and O–H groups in total. The molecule has 5 aromatic rings. The highest BCUT2D eigenvalue weighted by molar-refractivity contribution is 6.03. The molecule has 0 bridgehead atoms. The minimum Gasteiger partial charge on any atom is -0.478 e. The average molecular weight is 393 g/mol. The minimum absolute atomic E-state index is 0.0652. The third kappa shape index (κ3) is 2.91. The number of hydrogen-bond donors (Lipinski definition) is 2. The molecule has 0 saturated heterocycles. The molecule has 5 rings (SSSR count). The van der Waals surface area contributed by atoms with Crippen molar-refractivity contribution in [2.24, 2.45) is 0 Å². The van der Waals surface area contributed by atoms with Crippen LogP contribution >= 0.6 is 0 Å². The Morgan fingerprint density at radius 2 is 1.57 bits per heavy atom. The highest BCUT2D eigenvalue weighted by atomic mass is 16.4. The fourth-order valence-corrected chi connectivity index (χ4v) is 3.62. The summed E-state index contributed by atoms with van der Waals surface area (Å²) in [7, 11) is 0. The SMILES string of the molecule is O=C(O)c1cccc2nc(-c3cc(-c4ccccc4)nc4ccccc34)[nH]c(=O)c12. The molecule has 3 aromatic carbocycles. The Morgan fingerprint density at radius 1 is 0.833 bits per heavy atom. The number of nitrogens with one attached hydrogen (secondary N) is 1. The van der Waals surface area contributed by atoms with Gasteiger partial charge >= 0.3 is 5.97 Å². The Morgan fingerprint density at radius 3 is 2.37 bits per heavy atom. The Labute approximate surface area is 170 Å². The number of nitrogens with zero attached hydrogens (tertiary/aromatic N) is 2. The zero-order chi connectivity index (χ0) is 20.7. The molecule has 0 aliphatic carbocycles. The van der Waals surface area contributed by atoms with Gasteiger partial charge in [-0.15, -0.1) is 0 Å². The number of pyridine rings is 1. The molecule has 0 atom stereocenters. The van der Waals surface area contributed by atoms with Gasteiger partial charge in [0, 0.05) is 16.5 Å². The van der Waals surface area contributed by atoms with Gasteiger partial charge in [-0.25, -0.2) is 14.8 Å². The maximum absolute atomic E-state index is 12.8. The lowest BCUT2D eigenvalue weighted by Gasteiger charge is -2.11. The summed E-state index contributed by atoms with van der Waals surface area (Å²) in [6, 6.07) is 23.9. The number of carbonyl (C=O) groups is 1. The number of H-pyrrole nitrogens is 1. The monoisotopic (exact) mass is 393 g/mol. The van der Waals surface area contributed by atoms with E-state index in [1.54, 1.807) is 12.1 Å². The molecule has 144 valence electrons. The van der Waals surface area contributed by atoms with Crippen molar-refractivity contribution in [1.29, 1.82) is 0 Å². The van der Waals surface area contributed by atoms with E-state index in [2.05, 4.69) is 9.97 Å². The van der Waals surface area contributed by atoms with Crippen LogP contribution in [0.25, 0.3) is 44.5 Å². The second-order valence-corrected chi connectivity index (χ2v) is 6.86. The van der Waals surface area contributed by atoms with Gasteiger partial charge in [0.15, 0.2) is 0 Å². The lowest BCUT2D eigenvalue weighted by Crippen LogP contribution is -2.14. The highest BCUT2D eigenvalue weighted by Crippen LogP contribution is 2.30. The van der Waals surface area contributed by atoms with E-state index in [4.69, 9.17) is 4.98 Å². The van der Waals surface area contributed by atoms with E-state index in [0.29, 0.717) is 11.3 Å². The van der Waals surface area contributed by atoms with Crippen molar-refractivity contribution in [3.05, 3.63) is 94.8 Å². The van der Waals surface area contributed by atoms with E-state index in [0.717, 1.165) is 27.7 Å². The molecule has 0 aliphatic heterocycles. The summed E-state index contributed by atoms with van der Waals surface area (Å²) >= 11 is 0. The summed E-state index contributed by atoms with van der Waals surface area (Å²) in [5.41, 5.74) is 2.96. The maximum atomic E-state index is 12.8. The van der Waals surface area contributed by atoms with Gasteiger partial charge in [0.2, 0.25) is 0 Å². The lowest BCUT2D eigenvalue weighted by atomic mass is 10.0. The van der Waals surface area contributed by atoms with Gasteiger partial charge in [0.1, 0.15) is 5.82 Å². The van der Waals surface area contributed by atoms with Crippen LogP contribution in [0.2, 0.25) is 0 Å². The van der Waals surface area contributed by atoms with E-state index >= 15 is 0 Å². The molecule has 0 fully saturated rings. The standard InChI is InChI=1S/C24H15N3O3/c28-23-21-16(24(29)30)10-6-12-19(21)26-22(27-23)17-13-20(14-7-2-1-3-8-14)25-18-11-5-4-9-15(17)18/h1-13H,(H,29,30)(H,26,27,28). The lowest BCUT2D eigenvalue weighted by molar-refractivity contribution is 0.0699. The van der Waals surface area contributed by atoms with Gasteiger partial charge in [0.05, 0.1) is 27.7 Å². The van der Waals surface area contributed by atoms with Crippen LogP contribution < -0.4 is 5.56 Å². The largest absolute Gasteiger partial charge is 0.478 e. The molecule has 0 unspecified atom stereocenters. The number of aromatic amines is 1.